The number of hydrogen-bond acceptors (Lipinski definition) is 2. The van der Waals surface area contributed by atoms with Gasteiger partial charge in [0.1, 0.15) is 12.4 Å². The first-order chi connectivity index (χ1) is 12.2. The Morgan fingerprint density at radius 2 is 2.08 bits per heavy atom. The van der Waals surface area contributed by atoms with Crippen molar-refractivity contribution in [2.45, 2.75) is 31.9 Å². The molecule has 0 radical (unpaired) electrons. The zero-order valence-corrected chi connectivity index (χ0v) is 13.7. The van der Waals surface area contributed by atoms with Crippen LogP contribution in [0.1, 0.15) is 23.2 Å². The summed E-state index contributed by atoms with van der Waals surface area (Å²) in [5.74, 6) is -0.244. The maximum Gasteiger partial charge on any atom is 0.407 e. The molecule has 2 N–H and O–H groups in total. The highest BCUT2D eigenvalue weighted by molar-refractivity contribution is 5.85. The number of aromatic amines is 1. The summed E-state index contributed by atoms with van der Waals surface area (Å²) in [7, 11) is 0. The van der Waals surface area contributed by atoms with Crippen molar-refractivity contribution in [2.24, 2.45) is 0 Å². The van der Waals surface area contributed by atoms with E-state index in [4.69, 9.17) is 4.74 Å². The molecule has 2 aromatic carbocycles. The maximum atomic E-state index is 13.5. The summed E-state index contributed by atoms with van der Waals surface area (Å²) < 4.78 is 18.8. The molecular weight excluding hydrogens is 319 g/mol. The van der Waals surface area contributed by atoms with Crippen molar-refractivity contribution >= 4 is 17.0 Å². The van der Waals surface area contributed by atoms with E-state index in [1.807, 2.05) is 30.3 Å². The third kappa shape index (κ3) is 3.36. The highest BCUT2D eigenvalue weighted by Crippen LogP contribution is 2.29. The fourth-order valence-electron chi connectivity index (χ4n) is 3.44. The van der Waals surface area contributed by atoms with Crippen LogP contribution in [0.5, 0.6) is 0 Å². The molecule has 1 aliphatic carbocycles. The second-order valence-corrected chi connectivity index (χ2v) is 6.42. The van der Waals surface area contributed by atoms with Gasteiger partial charge in [0.15, 0.2) is 0 Å². The van der Waals surface area contributed by atoms with Crippen LogP contribution < -0.4 is 5.32 Å². The van der Waals surface area contributed by atoms with Gasteiger partial charge in [-0.2, -0.15) is 0 Å². The van der Waals surface area contributed by atoms with Crippen LogP contribution >= 0.6 is 0 Å². The van der Waals surface area contributed by atoms with Crippen LogP contribution in [0, 0.1) is 5.82 Å². The zero-order chi connectivity index (χ0) is 17.2. The second-order valence-electron chi connectivity index (χ2n) is 6.42. The topological polar surface area (TPSA) is 54.1 Å². The summed E-state index contributed by atoms with van der Waals surface area (Å²) in [6, 6.07) is 14.4. The van der Waals surface area contributed by atoms with Crippen LogP contribution in [-0.2, 0) is 24.2 Å². The molecule has 1 amide bonds. The minimum atomic E-state index is -0.414. The van der Waals surface area contributed by atoms with E-state index >= 15 is 0 Å². The SMILES string of the molecule is O=C(N[C@@H]1CCc2[nH]c3ccc(F)cc3c2C1)OCc1ccccc1. The average molecular weight is 338 g/mol. The molecule has 0 saturated carbocycles. The Hall–Kier alpha value is -2.82. The van der Waals surface area contributed by atoms with Gasteiger partial charge in [-0.25, -0.2) is 9.18 Å². The number of halogens is 1. The quantitative estimate of drug-likeness (QED) is 0.756. The lowest BCUT2D eigenvalue weighted by Gasteiger charge is -2.23. The van der Waals surface area contributed by atoms with Gasteiger partial charge in [0.2, 0.25) is 0 Å². The average Bonchev–Trinajstić information content (AvgIpc) is 2.98. The van der Waals surface area contributed by atoms with Crippen molar-refractivity contribution < 1.29 is 13.9 Å². The van der Waals surface area contributed by atoms with Gasteiger partial charge in [-0.3, -0.25) is 0 Å². The van der Waals surface area contributed by atoms with Crippen molar-refractivity contribution in [2.75, 3.05) is 0 Å². The number of alkyl carbamates (subject to hydrolysis) is 1. The number of carbonyl (C=O) groups excluding carboxylic acids is 1. The van der Waals surface area contributed by atoms with Gasteiger partial charge in [0, 0.05) is 22.6 Å². The van der Waals surface area contributed by atoms with Gasteiger partial charge in [-0.1, -0.05) is 30.3 Å². The van der Waals surface area contributed by atoms with Crippen molar-refractivity contribution in [3.63, 3.8) is 0 Å². The number of aryl methyl sites for hydroxylation is 1. The summed E-state index contributed by atoms with van der Waals surface area (Å²) in [6.07, 6.45) is 1.93. The number of amides is 1. The highest BCUT2D eigenvalue weighted by atomic mass is 19.1. The Balaban J connectivity index is 1.41. The first-order valence-corrected chi connectivity index (χ1v) is 8.45. The van der Waals surface area contributed by atoms with Gasteiger partial charge < -0.3 is 15.0 Å². The van der Waals surface area contributed by atoms with Gasteiger partial charge in [-0.15, -0.1) is 0 Å². The van der Waals surface area contributed by atoms with Crippen LogP contribution in [0.2, 0.25) is 0 Å². The number of benzene rings is 2. The summed E-state index contributed by atoms with van der Waals surface area (Å²) in [4.78, 5) is 15.4. The van der Waals surface area contributed by atoms with E-state index in [-0.39, 0.29) is 18.5 Å². The molecule has 0 bridgehead atoms. The number of aromatic nitrogens is 1. The van der Waals surface area contributed by atoms with E-state index in [2.05, 4.69) is 10.3 Å². The fourth-order valence-corrected chi connectivity index (χ4v) is 3.44. The van der Waals surface area contributed by atoms with Gasteiger partial charge >= 0.3 is 6.09 Å². The lowest BCUT2D eigenvalue weighted by atomic mass is 9.91. The lowest BCUT2D eigenvalue weighted by Crippen LogP contribution is -2.39. The molecule has 4 nitrogen and oxygen atoms in total. The lowest BCUT2D eigenvalue weighted by molar-refractivity contribution is 0.134. The van der Waals surface area contributed by atoms with Gasteiger partial charge in [0.05, 0.1) is 0 Å². The third-order valence-corrected chi connectivity index (χ3v) is 4.68. The number of hydrogen-bond donors (Lipinski definition) is 2. The molecule has 1 aliphatic rings. The minimum absolute atomic E-state index is 0.00181. The number of ether oxygens (including phenoxy) is 1. The third-order valence-electron chi connectivity index (χ3n) is 4.68. The molecular formula is C20H19FN2O2. The van der Waals surface area contributed by atoms with Crippen LogP contribution in [0.15, 0.2) is 48.5 Å². The molecule has 1 atom stereocenters. The van der Waals surface area contributed by atoms with E-state index < -0.39 is 6.09 Å². The normalized spacial score (nSPS) is 16.4. The molecule has 128 valence electrons. The minimum Gasteiger partial charge on any atom is -0.445 e. The summed E-state index contributed by atoms with van der Waals surface area (Å²) in [6.45, 7) is 0.253. The number of H-pyrrole nitrogens is 1. The zero-order valence-electron chi connectivity index (χ0n) is 13.7. The molecule has 0 unspecified atom stereocenters. The maximum absolute atomic E-state index is 13.5. The van der Waals surface area contributed by atoms with Crippen molar-refractivity contribution in [1.82, 2.24) is 10.3 Å². The molecule has 1 aromatic heterocycles. The predicted molar refractivity (Wildman–Crippen MR) is 93.8 cm³/mol. The standard InChI is InChI=1S/C20H19FN2O2/c21-14-6-8-18-16(10-14)17-11-15(7-9-19(17)23-18)22-20(24)25-12-13-4-2-1-3-5-13/h1-6,8,10,15,23H,7,9,11-12H2,(H,22,24)/t15-/m1/s1. The fraction of sp³-hybridized carbons (Fsp3) is 0.250. The van der Waals surface area contributed by atoms with Crippen LogP contribution in [-0.4, -0.2) is 17.1 Å². The van der Waals surface area contributed by atoms with Gasteiger partial charge in [-0.05, 0) is 48.6 Å². The molecule has 0 aliphatic heterocycles. The highest BCUT2D eigenvalue weighted by Gasteiger charge is 2.24. The molecule has 5 heteroatoms. The van der Waals surface area contributed by atoms with Crippen molar-refractivity contribution in [3.05, 3.63) is 71.2 Å². The molecule has 0 saturated heterocycles. The van der Waals surface area contributed by atoms with E-state index in [1.54, 1.807) is 12.1 Å². The summed E-state index contributed by atoms with van der Waals surface area (Å²) >= 11 is 0. The van der Waals surface area contributed by atoms with E-state index in [0.717, 1.165) is 40.6 Å². The molecule has 0 fully saturated rings. The molecule has 4 rings (SSSR count). The number of rotatable bonds is 3. The van der Waals surface area contributed by atoms with E-state index in [1.165, 1.54) is 6.07 Å². The predicted octanol–water partition coefficient (Wildman–Crippen LogP) is 4.09. The molecule has 1 heterocycles. The smallest absolute Gasteiger partial charge is 0.407 e. The number of nitrogens with one attached hydrogen (secondary N) is 2. The summed E-state index contributed by atoms with van der Waals surface area (Å²) in [5.41, 5.74) is 4.12. The molecule has 3 aromatic rings. The van der Waals surface area contributed by atoms with E-state index in [0.29, 0.717) is 6.42 Å². The van der Waals surface area contributed by atoms with Gasteiger partial charge in [0.25, 0.3) is 0 Å². The van der Waals surface area contributed by atoms with E-state index in [9.17, 15) is 9.18 Å². The first kappa shape index (κ1) is 15.7. The van der Waals surface area contributed by atoms with Crippen molar-refractivity contribution in [3.8, 4) is 0 Å². The second kappa shape index (κ2) is 6.59. The Morgan fingerprint density at radius 3 is 2.92 bits per heavy atom. The Bertz CT molecular complexity index is 905. The van der Waals surface area contributed by atoms with Crippen LogP contribution in [0.4, 0.5) is 9.18 Å². The van der Waals surface area contributed by atoms with Crippen molar-refractivity contribution in [1.29, 1.82) is 0 Å². The summed E-state index contributed by atoms with van der Waals surface area (Å²) in [5, 5.41) is 3.83. The first-order valence-electron chi connectivity index (χ1n) is 8.45. The molecule has 0 spiro atoms. The number of carbonyl (C=O) groups is 1. The monoisotopic (exact) mass is 338 g/mol. The number of fused-ring (bicyclic) bond motifs is 3. The van der Waals surface area contributed by atoms with Crippen LogP contribution in [0.3, 0.4) is 0 Å². The Morgan fingerprint density at radius 1 is 1.24 bits per heavy atom. The largest absolute Gasteiger partial charge is 0.445 e. The Labute approximate surface area is 145 Å². The Kier molecular flexibility index (Phi) is 4.14. The molecule has 25 heavy (non-hydrogen) atoms. The van der Waals surface area contributed by atoms with Crippen LogP contribution in [0.25, 0.3) is 10.9 Å².